The maximum Gasteiger partial charge on any atom is 0.0640 e. The largest absolute Gasteiger partial charge is 0.308 e. The van der Waals surface area contributed by atoms with Gasteiger partial charge in [-0.3, -0.25) is 0 Å². The minimum atomic E-state index is 0.222. The summed E-state index contributed by atoms with van der Waals surface area (Å²) in [7, 11) is 0. The van der Waals surface area contributed by atoms with Crippen molar-refractivity contribution in [1.82, 2.24) is 0 Å². The number of thiophene rings is 2. The molecule has 61 heavy (non-hydrogen) atoms. The lowest BCUT2D eigenvalue weighted by atomic mass is 9.74. The zero-order valence-electron chi connectivity index (χ0n) is 33.2. The highest BCUT2D eigenvalue weighted by molar-refractivity contribution is 7.26. The lowest BCUT2D eigenvalue weighted by Gasteiger charge is -2.29. The molecule has 1 aliphatic carbocycles. The number of rotatable bonds is 5. The van der Waals surface area contributed by atoms with Crippen molar-refractivity contribution in [2.75, 3.05) is 4.90 Å². The van der Waals surface area contributed by atoms with Crippen molar-refractivity contribution in [1.29, 1.82) is 0 Å². The number of benzene rings is 10. The van der Waals surface area contributed by atoms with Crippen LogP contribution in [0.3, 0.4) is 0 Å². The highest BCUT2D eigenvalue weighted by atomic mass is 32.1. The molecule has 12 aromatic rings. The van der Waals surface area contributed by atoms with E-state index in [0.29, 0.717) is 0 Å². The minimum absolute atomic E-state index is 0.222. The molecule has 0 aliphatic heterocycles. The molecule has 10 aromatic carbocycles. The molecular formula is C58H37NS2. The maximum absolute atomic E-state index is 2.52. The van der Waals surface area contributed by atoms with Gasteiger partial charge in [-0.25, -0.2) is 0 Å². The van der Waals surface area contributed by atoms with Crippen LogP contribution in [0.5, 0.6) is 0 Å². The highest BCUT2D eigenvalue weighted by Crippen LogP contribution is 2.50. The number of hydrogen-bond acceptors (Lipinski definition) is 3. The van der Waals surface area contributed by atoms with Crippen LogP contribution in [0.25, 0.3) is 84.1 Å². The van der Waals surface area contributed by atoms with E-state index in [9.17, 15) is 0 Å². The molecule has 0 saturated heterocycles. The molecule has 286 valence electrons. The summed E-state index contributed by atoms with van der Waals surface area (Å²) in [6, 6.07) is 77.2. The first kappa shape index (κ1) is 34.8. The normalized spacial score (nSPS) is 13.7. The zero-order chi connectivity index (χ0) is 40.0. The van der Waals surface area contributed by atoms with E-state index in [-0.39, 0.29) is 5.92 Å². The van der Waals surface area contributed by atoms with Crippen molar-refractivity contribution in [2.45, 2.75) is 12.3 Å². The van der Waals surface area contributed by atoms with Gasteiger partial charge in [-0.05, 0) is 122 Å². The number of fused-ring (bicyclic) bond motifs is 11. The van der Waals surface area contributed by atoms with Gasteiger partial charge in [0.1, 0.15) is 0 Å². The fourth-order valence-corrected chi connectivity index (χ4v) is 12.6. The number of nitrogens with zero attached hydrogens (tertiary/aromatic N) is 1. The fraction of sp³-hybridized carbons (Fsp3) is 0.0345. The third-order valence-corrected chi connectivity index (χ3v) is 15.4. The SMILES string of the molecule is c1ccc2c(c1)CC(c1cc(-c3ccc(N(c4cccc5ccccc45)c4cccc5c4sc4ccccc45)cc3)c3sc4ccccc4c3c1)c1cc3ccccc3cc1-2. The molecular weight excluding hydrogens is 775 g/mol. The smallest absolute Gasteiger partial charge is 0.0640 e. The topological polar surface area (TPSA) is 3.24 Å². The Morgan fingerprint density at radius 1 is 0.393 bits per heavy atom. The van der Waals surface area contributed by atoms with Crippen LogP contribution in [0.15, 0.2) is 206 Å². The lowest BCUT2D eigenvalue weighted by Crippen LogP contribution is -2.13. The van der Waals surface area contributed by atoms with Crippen LogP contribution in [0, 0.1) is 0 Å². The third kappa shape index (κ3) is 5.51. The van der Waals surface area contributed by atoms with E-state index in [0.717, 1.165) is 12.1 Å². The molecule has 2 aromatic heterocycles. The second-order valence-electron chi connectivity index (χ2n) is 16.4. The van der Waals surface area contributed by atoms with Gasteiger partial charge in [0.2, 0.25) is 0 Å². The van der Waals surface area contributed by atoms with Crippen molar-refractivity contribution in [3.63, 3.8) is 0 Å². The van der Waals surface area contributed by atoms with Crippen LogP contribution in [0.1, 0.15) is 22.6 Å². The summed E-state index contributed by atoms with van der Waals surface area (Å²) in [5, 5.41) is 10.3. The van der Waals surface area contributed by atoms with Crippen LogP contribution >= 0.6 is 22.7 Å². The van der Waals surface area contributed by atoms with Gasteiger partial charge in [-0.15, -0.1) is 22.7 Å². The molecule has 2 heterocycles. The third-order valence-electron chi connectivity index (χ3n) is 13.0. The summed E-state index contributed by atoms with van der Waals surface area (Å²) in [5.74, 6) is 0.222. The second kappa shape index (κ2) is 13.8. The predicted molar refractivity (Wildman–Crippen MR) is 265 cm³/mol. The van der Waals surface area contributed by atoms with Crippen molar-refractivity contribution < 1.29 is 0 Å². The molecule has 0 radical (unpaired) electrons. The van der Waals surface area contributed by atoms with Crippen molar-refractivity contribution >= 4 is 102 Å². The molecule has 1 aliphatic rings. The van der Waals surface area contributed by atoms with E-state index in [1.807, 2.05) is 22.7 Å². The van der Waals surface area contributed by atoms with Crippen molar-refractivity contribution in [3.8, 4) is 22.3 Å². The van der Waals surface area contributed by atoms with Gasteiger partial charge < -0.3 is 4.90 Å². The Hall–Kier alpha value is -7.04. The Balaban J connectivity index is 1.01. The molecule has 0 amide bonds. The predicted octanol–water partition coefficient (Wildman–Crippen LogP) is 17.2. The summed E-state index contributed by atoms with van der Waals surface area (Å²) >= 11 is 3.80. The maximum atomic E-state index is 2.52. The second-order valence-corrected chi connectivity index (χ2v) is 18.5. The molecule has 0 N–H and O–H groups in total. The van der Waals surface area contributed by atoms with Gasteiger partial charge in [0.25, 0.3) is 0 Å². The molecule has 1 unspecified atom stereocenters. The molecule has 13 rings (SSSR count). The standard InChI is InChI=1S/C58H37NS2/c1-2-15-39-32-51-48(33-40-16-4-5-18-43(40)50(51)31-38(39)14-1)41-34-49(57-52(35-41)46-21-8-10-26-56(46)60-57)37-27-29-42(30-28-37)59(53-23-11-17-36-13-3-6-19-44(36)53)54-24-12-22-47-45-20-7-9-25-55(45)61-58(47)54/h1-32,34-35,48H,33H2. The lowest BCUT2D eigenvalue weighted by molar-refractivity contribution is 0.797. The van der Waals surface area contributed by atoms with E-state index >= 15 is 0 Å². The summed E-state index contributed by atoms with van der Waals surface area (Å²) in [5.41, 5.74) is 13.0. The molecule has 3 heteroatoms. The minimum Gasteiger partial charge on any atom is -0.308 e. The fourth-order valence-electron chi connectivity index (χ4n) is 10.1. The highest BCUT2D eigenvalue weighted by Gasteiger charge is 2.28. The first-order valence-electron chi connectivity index (χ1n) is 21.1. The number of anilines is 3. The monoisotopic (exact) mass is 811 g/mol. The van der Waals surface area contributed by atoms with E-state index in [4.69, 9.17) is 0 Å². The molecule has 0 bridgehead atoms. The van der Waals surface area contributed by atoms with Crippen LogP contribution in [0.4, 0.5) is 17.1 Å². The zero-order valence-corrected chi connectivity index (χ0v) is 34.8. The van der Waals surface area contributed by atoms with Gasteiger partial charge in [-0.1, -0.05) is 146 Å². The molecule has 0 fully saturated rings. The average Bonchev–Trinajstić information content (AvgIpc) is 3.90. The van der Waals surface area contributed by atoms with Crippen molar-refractivity contribution in [3.05, 3.63) is 223 Å². The summed E-state index contributed by atoms with van der Waals surface area (Å²) in [6.07, 6.45) is 0.969. The summed E-state index contributed by atoms with van der Waals surface area (Å²) in [6.45, 7) is 0. The average molecular weight is 812 g/mol. The van der Waals surface area contributed by atoms with Crippen LogP contribution in [0.2, 0.25) is 0 Å². The first-order valence-corrected chi connectivity index (χ1v) is 22.7. The van der Waals surface area contributed by atoms with Crippen LogP contribution in [-0.2, 0) is 6.42 Å². The van der Waals surface area contributed by atoms with Gasteiger partial charge >= 0.3 is 0 Å². The van der Waals surface area contributed by atoms with Gasteiger partial charge in [0, 0.05) is 52.6 Å². The van der Waals surface area contributed by atoms with E-state index in [1.54, 1.807) is 0 Å². The van der Waals surface area contributed by atoms with E-state index < -0.39 is 0 Å². The Bertz CT molecular complexity index is 3700. The Morgan fingerprint density at radius 3 is 1.82 bits per heavy atom. The quantitative estimate of drug-likeness (QED) is 0.167. The van der Waals surface area contributed by atoms with E-state index in [1.165, 1.54) is 112 Å². The van der Waals surface area contributed by atoms with Gasteiger partial charge in [-0.2, -0.15) is 0 Å². The Labute approximate surface area is 362 Å². The van der Waals surface area contributed by atoms with Crippen molar-refractivity contribution in [2.24, 2.45) is 0 Å². The summed E-state index contributed by atoms with van der Waals surface area (Å²) in [4.78, 5) is 2.48. The molecule has 1 atom stereocenters. The summed E-state index contributed by atoms with van der Waals surface area (Å²) < 4.78 is 5.27. The van der Waals surface area contributed by atoms with E-state index in [2.05, 4.69) is 211 Å². The first-order chi connectivity index (χ1) is 30.2. The van der Waals surface area contributed by atoms with Crippen LogP contribution < -0.4 is 4.90 Å². The van der Waals surface area contributed by atoms with Gasteiger partial charge in [0.15, 0.2) is 0 Å². The van der Waals surface area contributed by atoms with Crippen LogP contribution in [-0.4, -0.2) is 0 Å². The number of hydrogen-bond donors (Lipinski definition) is 0. The Morgan fingerprint density at radius 2 is 1.00 bits per heavy atom. The van der Waals surface area contributed by atoms with Gasteiger partial charge in [0.05, 0.1) is 16.1 Å². The molecule has 0 saturated carbocycles. The molecule has 0 spiro atoms. The molecule has 1 nitrogen and oxygen atoms in total. The Kier molecular flexibility index (Phi) is 7.84.